The maximum atomic E-state index is 12.0. The van der Waals surface area contributed by atoms with Gasteiger partial charge in [0.15, 0.2) is 5.82 Å². The lowest BCUT2D eigenvalue weighted by Crippen LogP contribution is -2.33. The van der Waals surface area contributed by atoms with E-state index in [1.807, 2.05) is 0 Å². The van der Waals surface area contributed by atoms with E-state index in [9.17, 15) is 19.2 Å². The molecular formula is C31H57N7O8. The molecular weight excluding hydrogens is 598 g/mol. The quantitative estimate of drug-likeness (QED) is 0.0574. The number of aldehydes is 1. The molecule has 46 heavy (non-hydrogen) atoms. The highest BCUT2D eigenvalue weighted by molar-refractivity contribution is 5.77. The number of tetrazole rings is 1. The maximum Gasteiger partial charge on any atom is 0.246 e. The third-order valence-electron chi connectivity index (χ3n) is 7.00. The van der Waals surface area contributed by atoms with E-state index in [0.717, 1.165) is 36.6 Å². The molecule has 0 radical (unpaired) electrons. The number of hydroxylamine groups is 2. The Morgan fingerprint density at radius 3 is 1.83 bits per heavy atom. The van der Waals surface area contributed by atoms with Crippen LogP contribution in [0.4, 0.5) is 0 Å². The van der Waals surface area contributed by atoms with Crippen LogP contribution in [0.5, 0.6) is 0 Å². The highest BCUT2D eigenvalue weighted by atomic mass is 16.7. The molecule has 0 bridgehead atoms. The first kappa shape index (κ1) is 41.0. The van der Waals surface area contributed by atoms with Crippen molar-refractivity contribution in [1.82, 2.24) is 36.3 Å². The molecule has 1 heterocycles. The third-order valence-corrected chi connectivity index (χ3v) is 7.00. The van der Waals surface area contributed by atoms with E-state index >= 15 is 0 Å². The first-order valence-corrected chi connectivity index (χ1v) is 16.9. The van der Waals surface area contributed by atoms with Gasteiger partial charge >= 0.3 is 0 Å². The van der Waals surface area contributed by atoms with Crippen LogP contribution >= 0.6 is 0 Å². The van der Waals surface area contributed by atoms with Gasteiger partial charge in [0, 0.05) is 32.9 Å². The van der Waals surface area contributed by atoms with E-state index in [-0.39, 0.29) is 57.3 Å². The van der Waals surface area contributed by atoms with Crippen molar-refractivity contribution < 1.29 is 38.2 Å². The van der Waals surface area contributed by atoms with Gasteiger partial charge < -0.3 is 29.6 Å². The van der Waals surface area contributed by atoms with Crippen molar-refractivity contribution in [3.63, 3.8) is 0 Å². The number of rotatable bonds is 33. The van der Waals surface area contributed by atoms with E-state index in [1.54, 1.807) is 0 Å². The summed E-state index contributed by atoms with van der Waals surface area (Å²) >= 11 is 0. The van der Waals surface area contributed by atoms with Crippen LogP contribution in [0.3, 0.4) is 0 Å². The van der Waals surface area contributed by atoms with Crippen molar-refractivity contribution in [3.05, 3.63) is 5.82 Å². The molecule has 1 rings (SSSR count). The fourth-order valence-electron chi connectivity index (χ4n) is 4.50. The predicted molar refractivity (Wildman–Crippen MR) is 170 cm³/mol. The molecule has 15 nitrogen and oxygen atoms in total. The topological polar surface area (TPSA) is 187 Å². The number of aryl methyl sites for hydroxylation is 1. The first-order valence-electron chi connectivity index (χ1n) is 16.9. The lowest BCUT2D eigenvalue weighted by molar-refractivity contribution is -0.188. The number of aromatic nitrogens is 4. The van der Waals surface area contributed by atoms with Crippen molar-refractivity contribution in [2.45, 2.75) is 103 Å². The van der Waals surface area contributed by atoms with Gasteiger partial charge in [-0.15, -0.1) is 10.2 Å². The van der Waals surface area contributed by atoms with Gasteiger partial charge in [-0.2, -0.15) is 5.21 Å². The Labute approximate surface area is 273 Å². The second kappa shape index (κ2) is 30.6. The van der Waals surface area contributed by atoms with Crippen molar-refractivity contribution in [2.75, 3.05) is 65.9 Å². The van der Waals surface area contributed by atoms with E-state index in [4.69, 9.17) is 19.0 Å². The maximum absolute atomic E-state index is 12.0. The molecule has 1 aromatic rings. The molecule has 0 spiro atoms. The molecule has 0 atom stereocenters. The molecule has 3 amide bonds. The zero-order chi connectivity index (χ0) is 33.3. The van der Waals surface area contributed by atoms with Gasteiger partial charge in [-0.05, 0) is 12.8 Å². The van der Waals surface area contributed by atoms with Crippen molar-refractivity contribution in [2.24, 2.45) is 0 Å². The fraction of sp³-hybridized carbons (Fsp3) is 0.839. The van der Waals surface area contributed by atoms with Crippen LogP contribution in [0.1, 0.15) is 103 Å². The van der Waals surface area contributed by atoms with E-state index in [0.29, 0.717) is 39.0 Å². The Morgan fingerprint density at radius 1 is 0.717 bits per heavy atom. The minimum absolute atomic E-state index is 0.0544. The number of hydrogen-bond donors (Lipinski definition) is 3. The minimum atomic E-state index is -0.367. The smallest absolute Gasteiger partial charge is 0.246 e. The summed E-state index contributed by atoms with van der Waals surface area (Å²) in [4.78, 5) is 50.5. The number of nitrogens with one attached hydrogen (secondary N) is 3. The lowest BCUT2D eigenvalue weighted by atomic mass is 10.0. The van der Waals surface area contributed by atoms with Crippen LogP contribution in [0.15, 0.2) is 0 Å². The summed E-state index contributed by atoms with van der Waals surface area (Å²) in [6.45, 7) is 3.42. The average Bonchev–Trinajstić information content (AvgIpc) is 3.56. The van der Waals surface area contributed by atoms with Crippen LogP contribution in [-0.2, 0) is 44.6 Å². The minimum Gasteiger partial charge on any atom is -0.377 e. The number of aromatic amines is 1. The molecule has 264 valence electrons. The number of ether oxygens (including phenoxy) is 3. The van der Waals surface area contributed by atoms with Gasteiger partial charge in [0.1, 0.15) is 19.4 Å². The van der Waals surface area contributed by atoms with Crippen LogP contribution in [-0.4, -0.2) is 116 Å². The second-order valence-corrected chi connectivity index (χ2v) is 11.0. The Balaban J connectivity index is 1.74. The van der Waals surface area contributed by atoms with Crippen LogP contribution in [0.2, 0.25) is 0 Å². The van der Waals surface area contributed by atoms with Gasteiger partial charge in [0.05, 0.1) is 39.6 Å². The normalized spacial score (nSPS) is 11.0. The molecule has 3 N–H and O–H groups in total. The molecule has 15 heteroatoms. The zero-order valence-corrected chi connectivity index (χ0v) is 27.8. The van der Waals surface area contributed by atoms with E-state index < -0.39 is 0 Å². The summed E-state index contributed by atoms with van der Waals surface area (Å²) in [6.07, 6.45) is 18.0. The Kier molecular flexibility index (Phi) is 27.3. The Morgan fingerprint density at radius 2 is 1.26 bits per heavy atom. The van der Waals surface area contributed by atoms with Crippen LogP contribution < -0.4 is 10.6 Å². The number of carbonyl (C=O) groups is 4. The summed E-state index contributed by atoms with van der Waals surface area (Å²) in [6, 6.07) is 0. The van der Waals surface area contributed by atoms with Gasteiger partial charge in [-0.1, -0.05) is 75.8 Å². The second-order valence-electron chi connectivity index (χ2n) is 11.0. The lowest BCUT2D eigenvalue weighted by Gasteiger charge is -2.17. The summed E-state index contributed by atoms with van der Waals surface area (Å²) in [5, 5.41) is 20.5. The van der Waals surface area contributed by atoms with E-state index in [2.05, 4.69) is 31.3 Å². The number of H-pyrrole nitrogens is 1. The van der Waals surface area contributed by atoms with Crippen molar-refractivity contribution >= 4 is 24.0 Å². The summed E-state index contributed by atoms with van der Waals surface area (Å²) in [5.74, 6) is 0.229. The van der Waals surface area contributed by atoms with Crippen molar-refractivity contribution in [3.8, 4) is 0 Å². The molecule has 0 aromatic carbocycles. The summed E-state index contributed by atoms with van der Waals surface area (Å²) in [5.41, 5.74) is 0. The van der Waals surface area contributed by atoms with Crippen LogP contribution in [0.25, 0.3) is 0 Å². The number of amides is 3. The van der Waals surface area contributed by atoms with Gasteiger partial charge in [-0.25, -0.2) is 5.06 Å². The number of nitrogens with zero attached hydrogens (tertiary/aromatic N) is 4. The molecule has 0 aliphatic rings. The molecule has 1 aromatic heterocycles. The molecule has 0 fully saturated rings. The SMILES string of the molecule is CC(=O)N(CC=O)OCCOCCNC(=O)COCCOCCNC(=O)CCCCCCCCCCCCCCCc1nn[nH]n1. The summed E-state index contributed by atoms with van der Waals surface area (Å²) in [7, 11) is 0. The van der Waals surface area contributed by atoms with Gasteiger partial charge in [-0.3, -0.25) is 19.2 Å². The monoisotopic (exact) mass is 655 g/mol. The predicted octanol–water partition coefficient (Wildman–Crippen LogP) is 2.46. The molecule has 0 aliphatic carbocycles. The molecule has 0 aliphatic heterocycles. The van der Waals surface area contributed by atoms with Crippen molar-refractivity contribution in [1.29, 1.82) is 0 Å². The van der Waals surface area contributed by atoms with Crippen LogP contribution in [0, 0.1) is 0 Å². The highest BCUT2D eigenvalue weighted by Gasteiger charge is 2.08. The standard InChI is InChI=1S/C31H57N7O8/c1-28(40)38(19-20-39)46-26-25-44-22-18-33-31(42)27-45-24-23-43-21-17-32-30(41)16-14-12-10-8-6-4-2-3-5-7-9-11-13-15-29-34-36-37-35-29/h20H,2-19,21-27H2,1H3,(H,32,41)(H,33,42)(H,34,35,36,37). The van der Waals surface area contributed by atoms with E-state index in [1.165, 1.54) is 71.1 Å². The number of unbranched alkanes of at least 4 members (excludes halogenated alkanes) is 12. The fourth-order valence-corrected chi connectivity index (χ4v) is 4.50. The average molecular weight is 656 g/mol. The Hall–Kier alpha value is -3.01. The highest BCUT2D eigenvalue weighted by Crippen LogP contribution is 2.13. The molecule has 0 unspecified atom stereocenters. The Bertz CT molecular complexity index is 892. The van der Waals surface area contributed by atoms with Gasteiger partial charge in [0.2, 0.25) is 17.7 Å². The largest absolute Gasteiger partial charge is 0.377 e. The van der Waals surface area contributed by atoms with Gasteiger partial charge in [0.25, 0.3) is 0 Å². The zero-order valence-electron chi connectivity index (χ0n) is 27.8. The molecule has 0 saturated heterocycles. The third kappa shape index (κ3) is 26.2. The number of hydrogen-bond acceptors (Lipinski definition) is 11. The number of carbonyl (C=O) groups excluding carboxylic acids is 4. The first-order chi connectivity index (χ1) is 22.5. The summed E-state index contributed by atoms with van der Waals surface area (Å²) < 4.78 is 16.0. The molecule has 0 saturated carbocycles.